The summed E-state index contributed by atoms with van der Waals surface area (Å²) in [5, 5.41) is 9.39. The van der Waals surface area contributed by atoms with Crippen LogP contribution in [0.4, 0.5) is 5.82 Å². The number of pyridine rings is 1. The Hall–Kier alpha value is -2.09. The lowest BCUT2D eigenvalue weighted by atomic mass is 9.99. The van der Waals surface area contributed by atoms with E-state index in [2.05, 4.69) is 11.0 Å². The van der Waals surface area contributed by atoms with Crippen LogP contribution in [0.3, 0.4) is 0 Å². The van der Waals surface area contributed by atoms with Crippen molar-refractivity contribution in [3.63, 3.8) is 0 Å². The van der Waals surface area contributed by atoms with E-state index >= 15 is 0 Å². The van der Waals surface area contributed by atoms with Crippen molar-refractivity contribution >= 4 is 11.8 Å². The van der Waals surface area contributed by atoms with E-state index in [-0.39, 0.29) is 17.8 Å². The standard InChI is InChI=1S/C16H19N3O2/c1-10-8-19(9-13(10)16(20)21-2)15-12(7-17)6-11-4-3-5-14(11)18-15/h6,10,13H,3-5,8-9H2,1-2H3. The van der Waals surface area contributed by atoms with Crippen LogP contribution in [0.2, 0.25) is 0 Å². The van der Waals surface area contributed by atoms with Crippen LogP contribution in [0.15, 0.2) is 6.07 Å². The number of hydrogen-bond acceptors (Lipinski definition) is 5. The highest BCUT2D eigenvalue weighted by atomic mass is 16.5. The summed E-state index contributed by atoms with van der Waals surface area (Å²) >= 11 is 0. The number of hydrogen-bond donors (Lipinski definition) is 0. The molecule has 0 aromatic carbocycles. The van der Waals surface area contributed by atoms with Crippen LogP contribution < -0.4 is 4.90 Å². The summed E-state index contributed by atoms with van der Waals surface area (Å²) in [5.74, 6) is 0.622. The summed E-state index contributed by atoms with van der Waals surface area (Å²) < 4.78 is 4.87. The molecule has 1 aromatic heterocycles. The Kier molecular flexibility index (Phi) is 3.54. The van der Waals surface area contributed by atoms with Crippen LogP contribution in [-0.2, 0) is 22.4 Å². The topological polar surface area (TPSA) is 66.2 Å². The molecule has 21 heavy (non-hydrogen) atoms. The average molecular weight is 285 g/mol. The van der Waals surface area contributed by atoms with Crippen molar-refractivity contribution in [1.82, 2.24) is 4.98 Å². The van der Waals surface area contributed by atoms with Crippen LogP contribution in [0.25, 0.3) is 0 Å². The van der Waals surface area contributed by atoms with E-state index < -0.39 is 0 Å². The molecule has 110 valence electrons. The van der Waals surface area contributed by atoms with E-state index in [4.69, 9.17) is 9.72 Å². The number of anilines is 1. The number of carbonyl (C=O) groups excluding carboxylic acids is 1. The molecule has 0 saturated carbocycles. The lowest BCUT2D eigenvalue weighted by Crippen LogP contribution is -2.25. The number of aromatic nitrogens is 1. The first-order valence-electron chi connectivity index (χ1n) is 7.39. The zero-order chi connectivity index (χ0) is 15.0. The molecule has 1 aliphatic heterocycles. The van der Waals surface area contributed by atoms with E-state index in [1.807, 2.05) is 13.0 Å². The van der Waals surface area contributed by atoms with Gasteiger partial charge in [-0.2, -0.15) is 5.26 Å². The fraction of sp³-hybridized carbons (Fsp3) is 0.562. The molecule has 5 heteroatoms. The van der Waals surface area contributed by atoms with Gasteiger partial charge in [-0.15, -0.1) is 0 Å². The number of ether oxygens (including phenoxy) is 1. The molecule has 1 aromatic rings. The molecule has 2 aliphatic rings. The second-order valence-electron chi connectivity index (χ2n) is 5.94. The van der Waals surface area contributed by atoms with Crippen LogP contribution in [-0.4, -0.2) is 31.2 Å². The van der Waals surface area contributed by atoms with Gasteiger partial charge in [0.15, 0.2) is 0 Å². The maximum absolute atomic E-state index is 11.8. The van der Waals surface area contributed by atoms with Crippen LogP contribution in [0, 0.1) is 23.2 Å². The van der Waals surface area contributed by atoms with Crippen molar-refractivity contribution in [1.29, 1.82) is 5.26 Å². The zero-order valence-electron chi connectivity index (χ0n) is 12.4. The van der Waals surface area contributed by atoms with Crippen molar-refractivity contribution in [3.8, 4) is 6.07 Å². The van der Waals surface area contributed by atoms with Gasteiger partial charge in [-0.1, -0.05) is 6.92 Å². The third-order valence-corrected chi connectivity index (χ3v) is 4.57. The fourth-order valence-corrected chi connectivity index (χ4v) is 3.38. The summed E-state index contributed by atoms with van der Waals surface area (Å²) in [7, 11) is 1.42. The van der Waals surface area contributed by atoms with E-state index in [9.17, 15) is 10.1 Å². The van der Waals surface area contributed by atoms with E-state index in [0.717, 1.165) is 37.3 Å². The Morgan fingerprint density at radius 1 is 1.48 bits per heavy atom. The second-order valence-corrected chi connectivity index (χ2v) is 5.94. The van der Waals surface area contributed by atoms with Gasteiger partial charge in [0, 0.05) is 18.8 Å². The first-order valence-corrected chi connectivity index (χ1v) is 7.39. The smallest absolute Gasteiger partial charge is 0.310 e. The Balaban J connectivity index is 1.91. The van der Waals surface area contributed by atoms with Gasteiger partial charge in [0.05, 0.1) is 18.6 Å². The number of carbonyl (C=O) groups is 1. The third-order valence-electron chi connectivity index (χ3n) is 4.57. The highest BCUT2D eigenvalue weighted by molar-refractivity contribution is 5.75. The molecule has 0 bridgehead atoms. The maximum atomic E-state index is 11.8. The van der Waals surface area contributed by atoms with Crippen LogP contribution >= 0.6 is 0 Å². The number of esters is 1. The molecule has 0 radical (unpaired) electrons. The molecular weight excluding hydrogens is 266 g/mol. The van der Waals surface area contributed by atoms with E-state index in [1.165, 1.54) is 12.7 Å². The minimum atomic E-state index is -0.176. The molecule has 2 heterocycles. The van der Waals surface area contributed by atoms with Gasteiger partial charge < -0.3 is 9.64 Å². The Morgan fingerprint density at radius 3 is 3.00 bits per heavy atom. The number of methoxy groups -OCH3 is 1. The van der Waals surface area contributed by atoms with Gasteiger partial charge >= 0.3 is 5.97 Å². The van der Waals surface area contributed by atoms with Gasteiger partial charge in [-0.25, -0.2) is 4.98 Å². The molecule has 0 amide bonds. The highest BCUT2D eigenvalue weighted by Crippen LogP contribution is 2.32. The number of fused-ring (bicyclic) bond motifs is 1. The van der Waals surface area contributed by atoms with Crippen LogP contribution in [0.1, 0.15) is 30.2 Å². The summed E-state index contributed by atoms with van der Waals surface area (Å²) in [6, 6.07) is 4.23. The fourth-order valence-electron chi connectivity index (χ4n) is 3.38. The normalized spacial score (nSPS) is 23.8. The first-order chi connectivity index (χ1) is 10.1. The average Bonchev–Trinajstić information content (AvgIpc) is 3.10. The molecule has 2 atom stereocenters. The van der Waals surface area contributed by atoms with Crippen molar-refractivity contribution < 1.29 is 9.53 Å². The molecule has 1 aliphatic carbocycles. The molecule has 0 spiro atoms. The first kappa shape index (κ1) is 13.9. The quantitative estimate of drug-likeness (QED) is 0.774. The highest BCUT2D eigenvalue weighted by Gasteiger charge is 2.37. The predicted octanol–water partition coefficient (Wildman–Crippen LogP) is 1.69. The number of rotatable bonds is 2. The Morgan fingerprint density at radius 2 is 2.29 bits per heavy atom. The van der Waals surface area contributed by atoms with Gasteiger partial charge in [0.25, 0.3) is 0 Å². The van der Waals surface area contributed by atoms with E-state index in [1.54, 1.807) is 0 Å². The minimum absolute atomic E-state index is 0.142. The number of aryl methyl sites for hydroxylation is 2. The van der Waals surface area contributed by atoms with Gasteiger partial charge in [0.2, 0.25) is 0 Å². The van der Waals surface area contributed by atoms with E-state index in [0.29, 0.717) is 12.1 Å². The zero-order valence-corrected chi connectivity index (χ0v) is 12.4. The molecule has 3 rings (SSSR count). The summed E-state index contributed by atoms with van der Waals surface area (Å²) in [6.07, 6.45) is 3.11. The van der Waals surface area contributed by atoms with Crippen molar-refractivity contribution in [2.45, 2.75) is 26.2 Å². The molecule has 1 fully saturated rings. The monoisotopic (exact) mass is 285 g/mol. The van der Waals surface area contributed by atoms with Gasteiger partial charge in [-0.05, 0) is 36.8 Å². The van der Waals surface area contributed by atoms with Crippen molar-refractivity contribution in [2.24, 2.45) is 11.8 Å². The van der Waals surface area contributed by atoms with Crippen molar-refractivity contribution in [3.05, 3.63) is 22.9 Å². The molecule has 2 unspecified atom stereocenters. The lowest BCUT2D eigenvalue weighted by Gasteiger charge is -2.19. The van der Waals surface area contributed by atoms with Crippen molar-refractivity contribution in [2.75, 3.05) is 25.1 Å². The van der Waals surface area contributed by atoms with Gasteiger partial charge in [0.1, 0.15) is 11.9 Å². The summed E-state index contributed by atoms with van der Waals surface area (Å²) in [6.45, 7) is 3.36. The Bertz CT molecular complexity index is 621. The molecule has 5 nitrogen and oxygen atoms in total. The number of nitrogens with zero attached hydrogens (tertiary/aromatic N) is 3. The maximum Gasteiger partial charge on any atom is 0.310 e. The summed E-state index contributed by atoms with van der Waals surface area (Å²) in [5.41, 5.74) is 2.93. The third kappa shape index (κ3) is 2.35. The van der Waals surface area contributed by atoms with Crippen LogP contribution in [0.5, 0.6) is 0 Å². The second kappa shape index (κ2) is 5.36. The molecule has 0 N–H and O–H groups in total. The SMILES string of the molecule is COC(=O)C1CN(c2nc3c(cc2C#N)CCC3)CC1C. The predicted molar refractivity (Wildman–Crippen MR) is 77.9 cm³/mol. The lowest BCUT2D eigenvalue weighted by molar-refractivity contribution is -0.145. The molecular formula is C16H19N3O2. The van der Waals surface area contributed by atoms with Gasteiger partial charge in [-0.3, -0.25) is 4.79 Å². The summed E-state index contributed by atoms with van der Waals surface area (Å²) in [4.78, 5) is 18.6. The number of nitriles is 1. The minimum Gasteiger partial charge on any atom is -0.469 e. The molecule has 1 saturated heterocycles. The Labute approximate surface area is 124 Å². The largest absolute Gasteiger partial charge is 0.469 e.